The number of hydrogen-bond acceptors (Lipinski definition) is 2. The smallest absolute Gasteiger partial charge is 0.394 e. The normalized spacial score (nSPS) is 11.9. The summed E-state index contributed by atoms with van der Waals surface area (Å²) in [5, 5.41) is 10.6. The quantitative estimate of drug-likeness (QED) is 0.747. The molecular weight excluding hydrogens is 213 g/mol. The van der Waals surface area contributed by atoms with Gasteiger partial charge in [-0.3, -0.25) is 4.79 Å². The van der Waals surface area contributed by atoms with Gasteiger partial charge in [-0.2, -0.15) is 0 Å². The number of benzene rings is 1. The summed E-state index contributed by atoms with van der Waals surface area (Å²) in [6.45, 7) is 3.21. The Bertz CT molecular complexity index is 431. The maximum absolute atomic E-state index is 13.2. The highest BCUT2D eigenvalue weighted by atomic mass is 19.1. The molecule has 1 aromatic carbocycles. The van der Waals surface area contributed by atoms with Crippen LogP contribution in [-0.2, 0) is 9.59 Å². The van der Waals surface area contributed by atoms with Crippen LogP contribution in [0.5, 0.6) is 0 Å². The number of aryl methyl sites for hydroxylation is 1. The van der Waals surface area contributed by atoms with Gasteiger partial charge in [0.1, 0.15) is 5.82 Å². The minimum absolute atomic E-state index is 0.381. The second-order valence-electron chi connectivity index (χ2n) is 3.51. The summed E-state index contributed by atoms with van der Waals surface area (Å²) < 4.78 is 13.2. The highest BCUT2D eigenvalue weighted by Gasteiger charge is 2.15. The van der Waals surface area contributed by atoms with Crippen LogP contribution in [-0.4, -0.2) is 17.0 Å². The largest absolute Gasteiger partial charge is 0.474 e. The van der Waals surface area contributed by atoms with Crippen LogP contribution in [0.2, 0.25) is 0 Å². The van der Waals surface area contributed by atoms with Crippen molar-refractivity contribution in [2.45, 2.75) is 19.9 Å². The van der Waals surface area contributed by atoms with E-state index in [0.717, 1.165) is 0 Å². The first-order valence-electron chi connectivity index (χ1n) is 4.71. The standard InChI is InChI=1S/C11H12FNO3/c1-6-3-4-8(5-9(6)12)7(2)13-10(14)11(15)16/h3-5,7H,1-2H3,(H,13,14)(H,15,16). The molecule has 1 unspecified atom stereocenters. The van der Waals surface area contributed by atoms with Crippen molar-refractivity contribution in [1.82, 2.24) is 5.32 Å². The molecule has 0 aliphatic carbocycles. The molecule has 4 nitrogen and oxygen atoms in total. The number of hydrogen-bond donors (Lipinski definition) is 2. The summed E-state index contributed by atoms with van der Waals surface area (Å²) in [6.07, 6.45) is 0. The SMILES string of the molecule is Cc1ccc(C(C)NC(=O)C(=O)O)cc1F. The summed E-state index contributed by atoms with van der Waals surface area (Å²) in [7, 11) is 0. The number of amides is 1. The third-order valence-electron chi connectivity index (χ3n) is 2.24. The number of carboxylic acid groups (broad SMARTS) is 1. The van der Waals surface area contributed by atoms with Crippen LogP contribution >= 0.6 is 0 Å². The Hall–Kier alpha value is -1.91. The summed E-state index contributed by atoms with van der Waals surface area (Å²) in [4.78, 5) is 21.2. The fraction of sp³-hybridized carbons (Fsp3) is 0.273. The second-order valence-corrected chi connectivity index (χ2v) is 3.51. The number of nitrogens with one attached hydrogen (secondary N) is 1. The summed E-state index contributed by atoms with van der Waals surface area (Å²) in [5.41, 5.74) is 1.03. The van der Waals surface area contributed by atoms with Gasteiger partial charge in [-0.05, 0) is 31.0 Å². The molecule has 1 atom stereocenters. The molecule has 16 heavy (non-hydrogen) atoms. The van der Waals surface area contributed by atoms with Crippen molar-refractivity contribution in [3.63, 3.8) is 0 Å². The molecule has 0 saturated heterocycles. The van der Waals surface area contributed by atoms with Crippen LogP contribution in [0.3, 0.4) is 0 Å². The Labute approximate surface area is 92.1 Å². The monoisotopic (exact) mass is 225 g/mol. The first kappa shape index (κ1) is 12.2. The number of rotatable bonds is 2. The van der Waals surface area contributed by atoms with Gasteiger partial charge in [0.25, 0.3) is 0 Å². The lowest BCUT2D eigenvalue weighted by Crippen LogP contribution is -2.32. The zero-order valence-corrected chi connectivity index (χ0v) is 8.95. The minimum atomic E-state index is -1.56. The van der Waals surface area contributed by atoms with Crippen molar-refractivity contribution in [3.05, 3.63) is 35.1 Å². The number of carbonyl (C=O) groups excluding carboxylic acids is 1. The number of carbonyl (C=O) groups is 2. The van der Waals surface area contributed by atoms with Crippen molar-refractivity contribution in [2.75, 3.05) is 0 Å². The van der Waals surface area contributed by atoms with E-state index in [4.69, 9.17) is 5.11 Å². The Balaban J connectivity index is 2.81. The highest BCUT2D eigenvalue weighted by Crippen LogP contribution is 2.15. The molecule has 5 heteroatoms. The Morgan fingerprint density at radius 1 is 1.44 bits per heavy atom. The Kier molecular flexibility index (Phi) is 3.60. The van der Waals surface area contributed by atoms with Crippen molar-refractivity contribution in [2.24, 2.45) is 0 Å². The second kappa shape index (κ2) is 4.74. The molecule has 0 aliphatic heterocycles. The highest BCUT2D eigenvalue weighted by molar-refractivity contribution is 6.31. The molecule has 1 amide bonds. The molecule has 0 saturated carbocycles. The molecule has 1 rings (SSSR count). The van der Waals surface area contributed by atoms with Gasteiger partial charge in [0.2, 0.25) is 0 Å². The van der Waals surface area contributed by atoms with Crippen molar-refractivity contribution < 1.29 is 19.1 Å². The van der Waals surface area contributed by atoms with Crippen LogP contribution in [0.15, 0.2) is 18.2 Å². The lowest BCUT2D eigenvalue weighted by Gasteiger charge is -2.13. The molecular formula is C11H12FNO3. The van der Waals surface area contributed by atoms with Gasteiger partial charge in [-0.15, -0.1) is 0 Å². The van der Waals surface area contributed by atoms with Crippen LogP contribution in [0, 0.1) is 12.7 Å². The van der Waals surface area contributed by atoms with Crippen LogP contribution in [0.25, 0.3) is 0 Å². The molecule has 2 N–H and O–H groups in total. The van der Waals surface area contributed by atoms with Gasteiger partial charge in [0, 0.05) is 0 Å². The first-order chi connectivity index (χ1) is 7.41. The third-order valence-corrected chi connectivity index (χ3v) is 2.24. The topological polar surface area (TPSA) is 66.4 Å². The molecule has 0 aromatic heterocycles. The van der Waals surface area contributed by atoms with Gasteiger partial charge >= 0.3 is 11.9 Å². The maximum atomic E-state index is 13.2. The predicted octanol–water partition coefficient (Wildman–Crippen LogP) is 1.40. The van der Waals surface area contributed by atoms with Crippen molar-refractivity contribution in [3.8, 4) is 0 Å². The average molecular weight is 225 g/mol. The number of aliphatic carboxylic acids is 1. The van der Waals surface area contributed by atoms with Gasteiger partial charge < -0.3 is 10.4 Å². The molecule has 0 aliphatic rings. The van der Waals surface area contributed by atoms with E-state index in [1.807, 2.05) is 0 Å². The minimum Gasteiger partial charge on any atom is -0.474 e. The van der Waals surface area contributed by atoms with Crippen LogP contribution in [0.4, 0.5) is 4.39 Å². The number of halogens is 1. The Morgan fingerprint density at radius 3 is 2.56 bits per heavy atom. The van der Waals surface area contributed by atoms with Gasteiger partial charge in [0.15, 0.2) is 0 Å². The van der Waals surface area contributed by atoms with E-state index in [1.54, 1.807) is 26.0 Å². The van der Waals surface area contributed by atoms with E-state index in [1.165, 1.54) is 6.07 Å². The van der Waals surface area contributed by atoms with Gasteiger partial charge in [-0.1, -0.05) is 12.1 Å². The van der Waals surface area contributed by atoms with E-state index in [2.05, 4.69) is 5.32 Å². The fourth-order valence-electron chi connectivity index (χ4n) is 1.22. The molecule has 86 valence electrons. The fourth-order valence-corrected chi connectivity index (χ4v) is 1.22. The van der Waals surface area contributed by atoms with Crippen molar-refractivity contribution >= 4 is 11.9 Å². The van der Waals surface area contributed by atoms with Crippen LogP contribution < -0.4 is 5.32 Å². The zero-order chi connectivity index (χ0) is 12.3. The molecule has 0 spiro atoms. The third kappa shape index (κ3) is 2.79. The molecule has 0 radical (unpaired) electrons. The average Bonchev–Trinajstić information content (AvgIpc) is 2.21. The Morgan fingerprint density at radius 2 is 2.06 bits per heavy atom. The first-order valence-corrected chi connectivity index (χ1v) is 4.71. The lowest BCUT2D eigenvalue weighted by atomic mass is 10.1. The summed E-state index contributed by atoms with van der Waals surface area (Å²) in [6, 6.07) is 3.96. The van der Waals surface area contributed by atoms with Crippen LogP contribution in [0.1, 0.15) is 24.1 Å². The zero-order valence-electron chi connectivity index (χ0n) is 8.95. The molecule has 0 bridgehead atoms. The van der Waals surface area contributed by atoms with Gasteiger partial charge in [0.05, 0.1) is 6.04 Å². The van der Waals surface area contributed by atoms with Crippen molar-refractivity contribution in [1.29, 1.82) is 0 Å². The van der Waals surface area contributed by atoms with Gasteiger partial charge in [-0.25, -0.2) is 9.18 Å². The molecule has 1 aromatic rings. The van der Waals surface area contributed by atoms with E-state index in [9.17, 15) is 14.0 Å². The van der Waals surface area contributed by atoms with E-state index in [-0.39, 0.29) is 5.82 Å². The summed E-state index contributed by atoms with van der Waals surface area (Å²) >= 11 is 0. The summed E-state index contributed by atoms with van der Waals surface area (Å²) in [5.74, 6) is -3.04. The number of carboxylic acids is 1. The van der Waals surface area contributed by atoms with E-state index in [0.29, 0.717) is 11.1 Å². The molecule has 0 fully saturated rings. The predicted molar refractivity (Wildman–Crippen MR) is 55.3 cm³/mol. The van der Waals surface area contributed by atoms with E-state index >= 15 is 0 Å². The van der Waals surface area contributed by atoms with E-state index < -0.39 is 17.9 Å². The maximum Gasteiger partial charge on any atom is 0.394 e. The molecule has 0 heterocycles. The lowest BCUT2D eigenvalue weighted by molar-refractivity contribution is -0.150.